The lowest BCUT2D eigenvalue weighted by Gasteiger charge is -2.36. The first-order chi connectivity index (χ1) is 9.19. The van der Waals surface area contributed by atoms with Crippen molar-refractivity contribution in [2.45, 2.75) is 52.1 Å². The van der Waals surface area contributed by atoms with Gasteiger partial charge in [-0.2, -0.15) is 5.26 Å². The van der Waals surface area contributed by atoms with E-state index in [-0.39, 0.29) is 5.04 Å². The van der Waals surface area contributed by atoms with Gasteiger partial charge in [-0.15, -0.1) is 0 Å². The van der Waals surface area contributed by atoms with Gasteiger partial charge in [0.25, 0.3) is 0 Å². The minimum absolute atomic E-state index is 0.190. The molecule has 1 rings (SSSR count). The topological polar surface area (TPSA) is 42.2 Å². The average molecular weight is 291 g/mol. The summed E-state index contributed by atoms with van der Waals surface area (Å²) < 4.78 is 11.3. The molecule has 0 saturated carbocycles. The third-order valence-electron chi connectivity index (χ3n) is 3.90. The minimum Gasteiger partial charge on any atom is -0.413 e. The zero-order valence-electron chi connectivity index (χ0n) is 13.4. The van der Waals surface area contributed by atoms with E-state index in [2.05, 4.69) is 46.0 Å². The lowest BCUT2D eigenvalue weighted by atomic mass is 10.1. The lowest BCUT2D eigenvalue weighted by molar-refractivity contribution is 0.184. The fourth-order valence-electron chi connectivity index (χ4n) is 1.64. The summed E-state index contributed by atoms with van der Waals surface area (Å²) in [4.78, 5) is 0. The Balaban J connectivity index is 2.88. The lowest BCUT2D eigenvalue weighted by Crippen LogP contribution is -2.40. The average Bonchev–Trinajstić information content (AvgIpc) is 2.35. The molecule has 0 spiro atoms. The standard InChI is InChI=1S/C16H25NO2Si/c1-16(2,3)20(5,6)19-12-15-8-13(10-17)7-14(9-15)11-18-4/h7-9H,11-12H2,1-6H3. The monoisotopic (exact) mass is 291 g/mol. The van der Waals surface area contributed by atoms with Crippen LogP contribution in [0.1, 0.15) is 37.5 Å². The van der Waals surface area contributed by atoms with Crippen molar-refractivity contribution in [3.05, 3.63) is 34.9 Å². The highest BCUT2D eigenvalue weighted by Crippen LogP contribution is 2.37. The molecule has 1 aromatic carbocycles. The number of nitrogens with zero attached hydrogens (tertiary/aromatic N) is 1. The number of benzene rings is 1. The number of methoxy groups -OCH3 is 1. The zero-order chi connectivity index (χ0) is 15.4. The Morgan fingerprint density at radius 3 is 2.10 bits per heavy atom. The van der Waals surface area contributed by atoms with Crippen molar-refractivity contribution in [3.63, 3.8) is 0 Å². The molecule has 0 bridgehead atoms. The summed E-state index contributed by atoms with van der Waals surface area (Å²) in [6.07, 6.45) is 0. The van der Waals surface area contributed by atoms with Crippen LogP contribution in [0.15, 0.2) is 18.2 Å². The molecular weight excluding hydrogens is 266 g/mol. The van der Waals surface area contributed by atoms with E-state index in [1.54, 1.807) is 7.11 Å². The number of nitriles is 1. The fraction of sp³-hybridized carbons (Fsp3) is 0.562. The number of hydrogen-bond donors (Lipinski definition) is 0. The Hall–Kier alpha value is -1.15. The summed E-state index contributed by atoms with van der Waals surface area (Å²) >= 11 is 0. The molecule has 3 nitrogen and oxygen atoms in total. The summed E-state index contributed by atoms with van der Waals surface area (Å²) in [5, 5.41) is 9.28. The Morgan fingerprint density at radius 1 is 1.10 bits per heavy atom. The Labute approximate surface area is 123 Å². The van der Waals surface area contributed by atoms with Crippen molar-refractivity contribution in [3.8, 4) is 6.07 Å². The maximum atomic E-state index is 9.09. The molecule has 0 radical (unpaired) electrons. The van der Waals surface area contributed by atoms with Crippen molar-refractivity contribution in [1.82, 2.24) is 0 Å². The van der Waals surface area contributed by atoms with Crippen molar-refractivity contribution < 1.29 is 9.16 Å². The van der Waals surface area contributed by atoms with E-state index >= 15 is 0 Å². The quantitative estimate of drug-likeness (QED) is 0.763. The molecule has 110 valence electrons. The summed E-state index contributed by atoms with van der Waals surface area (Å²) in [7, 11) is -0.108. The molecule has 0 aliphatic heterocycles. The molecule has 0 heterocycles. The van der Waals surface area contributed by atoms with Gasteiger partial charge in [0, 0.05) is 7.11 Å². The first kappa shape index (κ1) is 16.9. The second-order valence-electron chi connectivity index (χ2n) is 6.63. The van der Waals surface area contributed by atoms with Crippen LogP contribution in [0, 0.1) is 11.3 Å². The molecule has 4 heteroatoms. The van der Waals surface area contributed by atoms with E-state index in [0.29, 0.717) is 18.8 Å². The number of hydrogen-bond acceptors (Lipinski definition) is 3. The van der Waals surface area contributed by atoms with Crippen molar-refractivity contribution in [2.24, 2.45) is 0 Å². The van der Waals surface area contributed by atoms with Crippen LogP contribution in [0.2, 0.25) is 18.1 Å². The Kier molecular flexibility index (Phi) is 5.52. The smallest absolute Gasteiger partial charge is 0.192 e. The van der Waals surface area contributed by atoms with Gasteiger partial charge in [0.1, 0.15) is 0 Å². The van der Waals surface area contributed by atoms with E-state index in [1.807, 2.05) is 12.1 Å². The van der Waals surface area contributed by atoms with Crippen LogP contribution < -0.4 is 0 Å². The van der Waals surface area contributed by atoms with Crippen LogP contribution in [0.5, 0.6) is 0 Å². The second-order valence-corrected chi connectivity index (χ2v) is 11.4. The third kappa shape index (κ3) is 4.45. The highest BCUT2D eigenvalue weighted by molar-refractivity contribution is 6.74. The molecule has 0 aliphatic carbocycles. The molecule has 0 unspecified atom stereocenters. The van der Waals surface area contributed by atoms with Gasteiger partial charge in [0.15, 0.2) is 8.32 Å². The Bertz CT molecular complexity index is 498. The number of rotatable bonds is 5. The van der Waals surface area contributed by atoms with E-state index in [0.717, 1.165) is 11.1 Å². The normalized spacial score (nSPS) is 12.2. The molecule has 0 N–H and O–H groups in total. The highest BCUT2D eigenvalue weighted by Gasteiger charge is 2.37. The van der Waals surface area contributed by atoms with Crippen LogP contribution in [-0.4, -0.2) is 15.4 Å². The van der Waals surface area contributed by atoms with Crippen LogP contribution >= 0.6 is 0 Å². The molecule has 0 fully saturated rings. The van der Waals surface area contributed by atoms with E-state index in [4.69, 9.17) is 14.4 Å². The molecule has 1 aromatic rings. The predicted octanol–water partition coefficient (Wildman–Crippen LogP) is 4.23. The SMILES string of the molecule is COCc1cc(C#N)cc(CO[Si](C)(C)C(C)(C)C)c1. The molecule has 0 aromatic heterocycles. The molecule has 0 saturated heterocycles. The molecule has 0 aliphatic rings. The molecular formula is C16H25NO2Si. The summed E-state index contributed by atoms with van der Waals surface area (Å²) in [6.45, 7) is 12.2. The fourth-order valence-corrected chi connectivity index (χ4v) is 2.60. The number of ether oxygens (including phenoxy) is 1. The van der Waals surface area contributed by atoms with Gasteiger partial charge in [-0.05, 0) is 41.4 Å². The first-order valence-electron chi connectivity index (χ1n) is 6.85. The summed E-state index contributed by atoms with van der Waals surface area (Å²) in [5.41, 5.74) is 2.72. The van der Waals surface area contributed by atoms with Gasteiger partial charge < -0.3 is 9.16 Å². The van der Waals surface area contributed by atoms with Crippen molar-refractivity contribution in [1.29, 1.82) is 5.26 Å². The van der Waals surface area contributed by atoms with Crippen LogP contribution in [0.3, 0.4) is 0 Å². The van der Waals surface area contributed by atoms with Gasteiger partial charge in [0.2, 0.25) is 0 Å². The molecule has 0 amide bonds. The van der Waals surface area contributed by atoms with Crippen LogP contribution in [0.25, 0.3) is 0 Å². The molecule has 20 heavy (non-hydrogen) atoms. The molecule has 0 atom stereocenters. The maximum Gasteiger partial charge on any atom is 0.192 e. The minimum atomic E-state index is -1.77. The maximum absolute atomic E-state index is 9.09. The van der Waals surface area contributed by atoms with Gasteiger partial charge in [-0.3, -0.25) is 0 Å². The summed E-state index contributed by atoms with van der Waals surface area (Å²) in [5.74, 6) is 0. The van der Waals surface area contributed by atoms with Gasteiger partial charge in [-0.1, -0.05) is 26.8 Å². The van der Waals surface area contributed by atoms with E-state index < -0.39 is 8.32 Å². The Morgan fingerprint density at radius 2 is 1.65 bits per heavy atom. The first-order valence-corrected chi connectivity index (χ1v) is 9.76. The van der Waals surface area contributed by atoms with Gasteiger partial charge in [-0.25, -0.2) is 0 Å². The van der Waals surface area contributed by atoms with Crippen molar-refractivity contribution in [2.75, 3.05) is 7.11 Å². The van der Waals surface area contributed by atoms with Crippen molar-refractivity contribution >= 4 is 8.32 Å². The van der Waals surface area contributed by atoms with Gasteiger partial charge in [0.05, 0.1) is 24.8 Å². The zero-order valence-corrected chi connectivity index (χ0v) is 14.4. The van der Waals surface area contributed by atoms with E-state index in [9.17, 15) is 0 Å². The van der Waals surface area contributed by atoms with Crippen LogP contribution in [-0.2, 0) is 22.4 Å². The second kappa shape index (κ2) is 6.53. The largest absolute Gasteiger partial charge is 0.413 e. The van der Waals surface area contributed by atoms with E-state index in [1.165, 1.54) is 0 Å². The van der Waals surface area contributed by atoms with Gasteiger partial charge >= 0.3 is 0 Å². The predicted molar refractivity (Wildman–Crippen MR) is 83.9 cm³/mol. The summed E-state index contributed by atoms with van der Waals surface area (Å²) in [6, 6.07) is 8.00. The third-order valence-corrected chi connectivity index (χ3v) is 8.38. The highest BCUT2D eigenvalue weighted by atomic mass is 28.4. The van der Waals surface area contributed by atoms with Crippen LogP contribution in [0.4, 0.5) is 0 Å².